The predicted molar refractivity (Wildman–Crippen MR) is 57.8 cm³/mol. The summed E-state index contributed by atoms with van der Waals surface area (Å²) in [4.78, 5) is 4.25. The lowest BCUT2D eigenvalue weighted by Gasteiger charge is -2.25. The number of rotatable bonds is 3. The molecule has 70 valence electrons. The van der Waals surface area contributed by atoms with Crippen LogP contribution in [-0.2, 0) is 0 Å². The van der Waals surface area contributed by atoms with Crippen LogP contribution in [0.2, 0.25) is 0 Å². The second kappa shape index (κ2) is 4.09. The van der Waals surface area contributed by atoms with Crippen LogP contribution in [0.1, 0.15) is 19.3 Å². The maximum atomic E-state index is 4.25. The quantitative estimate of drug-likeness (QED) is 0.879. The zero-order chi connectivity index (χ0) is 9.10. The highest BCUT2D eigenvalue weighted by atomic mass is 79.9. The molecule has 0 aliphatic heterocycles. The molecule has 1 saturated carbocycles. The van der Waals surface area contributed by atoms with Crippen LogP contribution in [0.5, 0.6) is 0 Å². The van der Waals surface area contributed by atoms with Gasteiger partial charge in [-0.15, -0.1) is 0 Å². The van der Waals surface area contributed by atoms with Gasteiger partial charge in [-0.05, 0) is 46.8 Å². The lowest BCUT2D eigenvalue weighted by Crippen LogP contribution is -2.21. The maximum absolute atomic E-state index is 4.25. The molecule has 1 aliphatic carbocycles. The van der Waals surface area contributed by atoms with Crippen molar-refractivity contribution in [2.75, 3.05) is 11.9 Å². The summed E-state index contributed by atoms with van der Waals surface area (Å²) in [6.07, 6.45) is 5.98. The van der Waals surface area contributed by atoms with Gasteiger partial charge in [-0.1, -0.05) is 6.42 Å². The molecule has 0 aromatic carbocycles. The van der Waals surface area contributed by atoms with Crippen LogP contribution in [0, 0.1) is 5.92 Å². The molecule has 3 heteroatoms. The van der Waals surface area contributed by atoms with Gasteiger partial charge in [0.15, 0.2) is 0 Å². The predicted octanol–water partition coefficient (Wildman–Crippen LogP) is 3.06. The molecule has 0 unspecified atom stereocenters. The van der Waals surface area contributed by atoms with E-state index in [0.29, 0.717) is 0 Å². The average molecular weight is 241 g/mol. The molecule has 0 radical (unpaired) electrons. The Labute approximate surface area is 86.9 Å². The first-order chi connectivity index (χ1) is 6.34. The van der Waals surface area contributed by atoms with Crippen LogP contribution in [0.4, 0.5) is 5.82 Å². The molecule has 1 fully saturated rings. The summed E-state index contributed by atoms with van der Waals surface area (Å²) in [5.41, 5.74) is 0. The van der Waals surface area contributed by atoms with Crippen LogP contribution in [-0.4, -0.2) is 11.5 Å². The van der Waals surface area contributed by atoms with E-state index in [1.54, 1.807) is 0 Å². The maximum Gasteiger partial charge on any atom is 0.125 e. The minimum absolute atomic E-state index is 0.880. The molecule has 1 heterocycles. The van der Waals surface area contributed by atoms with Crippen LogP contribution < -0.4 is 5.32 Å². The molecule has 0 bridgehead atoms. The number of nitrogens with zero attached hydrogens (tertiary/aromatic N) is 1. The minimum atomic E-state index is 0.880. The molecule has 0 amide bonds. The number of hydrogen-bond acceptors (Lipinski definition) is 2. The molecule has 0 atom stereocenters. The van der Waals surface area contributed by atoms with Crippen molar-refractivity contribution in [1.29, 1.82) is 0 Å². The van der Waals surface area contributed by atoms with E-state index >= 15 is 0 Å². The number of nitrogens with one attached hydrogen (secondary N) is 1. The Morgan fingerprint density at radius 3 is 2.85 bits per heavy atom. The fourth-order valence-electron chi connectivity index (χ4n) is 1.43. The van der Waals surface area contributed by atoms with Gasteiger partial charge in [0.1, 0.15) is 5.82 Å². The van der Waals surface area contributed by atoms with E-state index in [-0.39, 0.29) is 0 Å². The van der Waals surface area contributed by atoms with Crippen LogP contribution in [0.15, 0.2) is 22.8 Å². The molecule has 1 aliphatic rings. The molecule has 0 spiro atoms. The van der Waals surface area contributed by atoms with Gasteiger partial charge in [0, 0.05) is 17.2 Å². The van der Waals surface area contributed by atoms with Crippen molar-refractivity contribution in [3.8, 4) is 0 Å². The molecule has 1 N–H and O–H groups in total. The van der Waals surface area contributed by atoms with E-state index in [1.165, 1.54) is 19.3 Å². The summed E-state index contributed by atoms with van der Waals surface area (Å²) in [5, 5.41) is 3.34. The van der Waals surface area contributed by atoms with Crippen molar-refractivity contribution >= 4 is 21.7 Å². The number of pyridine rings is 1. The molecule has 2 rings (SSSR count). The molecule has 2 nitrogen and oxygen atoms in total. The molecular formula is C10H13BrN2. The van der Waals surface area contributed by atoms with Gasteiger partial charge in [0.25, 0.3) is 0 Å². The number of aromatic nitrogens is 1. The lowest BCUT2D eigenvalue weighted by molar-refractivity contribution is 0.333. The van der Waals surface area contributed by atoms with Crippen molar-refractivity contribution in [2.24, 2.45) is 5.92 Å². The summed E-state index contributed by atoms with van der Waals surface area (Å²) >= 11 is 3.36. The average Bonchev–Trinajstić information content (AvgIpc) is 2.05. The standard InChI is InChI=1S/C10H13BrN2/c11-9-4-5-10(13-7-9)12-6-8-2-1-3-8/h4-5,7-8H,1-3,6H2,(H,12,13). The normalized spacial score (nSPS) is 16.7. The third-order valence-electron chi connectivity index (χ3n) is 2.52. The number of anilines is 1. The van der Waals surface area contributed by atoms with Crippen molar-refractivity contribution in [3.63, 3.8) is 0 Å². The van der Waals surface area contributed by atoms with Crippen LogP contribution >= 0.6 is 15.9 Å². The van der Waals surface area contributed by atoms with E-state index in [2.05, 4.69) is 26.2 Å². The Morgan fingerprint density at radius 2 is 2.31 bits per heavy atom. The highest BCUT2D eigenvalue weighted by molar-refractivity contribution is 9.10. The van der Waals surface area contributed by atoms with E-state index in [1.807, 2.05) is 18.3 Å². The Morgan fingerprint density at radius 1 is 1.46 bits per heavy atom. The van der Waals surface area contributed by atoms with Crippen LogP contribution in [0.3, 0.4) is 0 Å². The van der Waals surface area contributed by atoms with Crippen molar-refractivity contribution in [2.45, 2.75) is 19.3 Å². The van der Waals surface area contributed by atoms with E-state index in [9.17, 15) is 0 Å². The van der Waals surface area contributed by atoms with Gasteiger partial charge in [-0.3, -0.25) is 0 Å². The highest BCUT2D eigenvalue weighted by Gasteiger charge is 2.16. The van der Waals surface area contributed by atoms with Crippen molar-refractivity contribution in [3.05, 3.63) is 22.8 Å². The SMILES string of the molecule is Brc1ccc(NCC2CCC2)nc1. The first-order valence-corrected chi connectivity index (χ1v) is 5.49. The van der Waals surface area contributed by atoms with E-state index in [4.69, 9.17) is 0 Å². The topological polar surface area (TPSA) is 24.9 Å². The fourth-order valence-corrected chi connectivity index (χ4v) is 1.66. The van der Waals surface area contributed by atoms with E-state index in [0.717, 1.165) is 22.8 Å². The zero-order valence-corrected chi connectivity index (χ0v) is 9.05. The molecule has 0 saturated heterocycles. The van der Waals surface area contributed by atoms with Gasteiger partial charge < -0.3 is 5.32 Å². The monoisotopic (exact) mass is 240 g/mol. The third-order valence-corrected chi connectivity index (χ3v) is 2.99. The zero-order valence-electron chi connectivity index (χ0n) is 7.46. The fraction of sp³-hybridized carbons (Fsp3) is 0.500. The Balaban J connectivity index is 1.83. The third kappa shape index (κ3) is 2.44. The van der Waals surface area contributed by atoms with Crippen LogP contribution in [0.25, 0.3) is 0 Å². The Bertz CT molecular complexity index is 267. The summed E-state index contributed by atoms with van der Waals surface area (Å²) in [6, 6.07) is 4.01. The lowest BCUT2D eigenvalue weighted by atomic mass is 9.85. The Kier molecular flexibility index (Phi) is 2.83. The van der Waals surface area contributed by atoms with Gasteiger partial charge in [0.05, 0.1) is 0 Å². The molecule has 13 heavy (non-hydrogen) atoms. The van der Waals surface area contributed by atoms with Crippen molar-refractivity contribution in [1.82, 2.24) is 4.98 Å². The highest BCUT2D eigenvalue weighted by Crippen LogP contribution is 2.26. The smallest absolute Gasteiger partial charge is 0.125 e. The van der Waals surface area contributed by atoms with E-state index < -0.39 is 0 Å². The molecule has 1 aromatic heterocycles. The number of halogens is 1. The summed E-state index contributed by atoms with van der Waals surface area (Å²) < 4.78 is 1.03. The van der Waals surface area contributed by atoms with Crippen molar-refractivity contribution < 1.29 is 0 Å². The first kappa shape index (κ1) is 9.00. The second-order valence-electron chi connectivity index (χ2n) is 3.54. The molecule has 1 aromatic rings. The second-order valence-corrected chi connectivity index (χ2v) is 4.46. The summed E-state index contributed by atoms with van der Waals surface area (Å²) in [5.74, 6) is 1.86. The van der Waals surface area contributed by atoms with Gasteiger partial charge in [-0.25, -0.2) is 4.98 Å². The first-order valence-electron chi connectivity index (χ1n) is 4.70. The summed E-state index contributed by atoms with van der Waals surface area (Å²) in [6.45, 7) is 1.08. The Hall–Kier alpha value is -0.570. The van der Waals surface area contributed by atoms with Gasteiger partial charge in [0.2, 0.25) is 0 Å². The van der Waals surface area contributed by atoms with Gasteiger partial charge >= 0.3 is 0 Å². The molecular weight excluding hydrogens is 228 g/mol. The number of hydrogen-bond donors (Lipinski definition) is 1. The minimum Gasteiger partial charge on any atom is -0.370 e. The largest absolute Gasteiger partial charge is 0.370 e. The van der Waals surface area contributed by atoms with Gasteiger partial charge in [-0.2, -0.15) is 0 Å². The summed E-state index contributed by atoms with van der Waals surface area (Å²) in [7, 11) is 0.